The van der Waals surface area contributed by atoms with E-state index in [9.17, 15) is 19.4 Å². The number of carbonyl (C=O) groups excluding carboxylic acids is 1. The third kappa shape index (κ3) is 40.9. The molecule has 0 aliphatic heterocycles. The summed E-state index contributed by atoms with van der Waals surface area (Å²) in [4.78, 5) is 23.1. The molecule has 8 nitrogen and oxygen atoms in total. The number of aliphatic hydroxyl groups is 1. The summed E-state index contributed by atoms with van der Waals surface area (Å²) in [5.41, 5.74) is 0. The van der Waals surface area contributed by atoms with Crippen molar-refractivity contribution in [3.05, 3.63) is 36.5 Å². The minimum atomic E-state index is -4.34. The summed E-state index contributed by atoms with van der Waals surface area (Å²) < 4.78 is 23.5. The first kappa shape index (κ1) is 54.7. The lowest BCUT2D eigenvalue weighted by atomic mass is 10.0. The number of amides is 1. The third-order valence-electron chi connectivity index (χ3n) is 10.3. The third-order valence-corrected chi connectivity index (χ3v) is 11.3. The van der Waals surface area contributed by atoms with Gasteiger partial charge in [-0.3, -0.25) is 13.8 Å². The first-order valence-electron chi connectivity index (χ1n) is 23.4. The lowest BCUT2D eigenvalue weighted by Gasteiger charge is -2.25. The highest BCUT2D eigenvalue weighted by molar-refractivity contribution is 7.47. The molecule has 1 amide bonds. The predicted molar refractivity (Wildman–Crippen MR) is 240 cm³/mol. The van der Waals surface area contributed by atoms with Crippen LogP contribution < -0.4 is 5.32 Å². The van der Waals surface area contributed by atoms with Gasteiger partial charge in [0.2, 0.25) is 5.91 Å². The van der Waals surface area contributed by atoms with Crippen LogP contribution >= 0.6 is 7.82 Å². The van der Waals surface area contributed by atoms with Gasteiger partial charge in [0.25, 0.3) is 0 Å². The van der Waals surface area contributed by atoms with Crippen LogP contribution in [0.25, 0.3) is 0 Å². The highest BCUT2D eigenvalue weighted by Crippen LogP contribution is 2.43. The quantitative estimate of drug-likeness (QED) is 0.0245. The topological polar surface area (TPSA) is 105 Å². The molecule has 0 aliphatic rings. The van der Waals surface area contributed by atoms with Gasteiger partial charge in [-0.05, 0) is 51.4 Å². The van der Waals surface area contributed by atoms with E-state index in [2.05, 4.69) is 43.5 Å². The molecule has 0 fully saturated rings. The number of nitrogens with one attached hydrogen (secondary N) is 1. The average molecular weight is 812 g/mol. The van der Waals surface area contributed by atoms with Gasteiger partial charge in [-0.1, -0.05) is 185 Å². The summed E-state index contributed by atoms with van der Waals surface area (Å²) in [5.74, 6) is -0.198. The molecule has 9 heteroatoms. The number of hydrogen-bond acceptors (Lipinski definition) is 5. The van der Waals surface area contributed by atoms with Gasteiger partial charge in [-0.25, -0.2) is 4.57 Å². The monoisotopic (exact) mass is 812 g/mol. The second kappa shape index (κ2) is 39.2. The fraction of sp³-hybridized carbons (Fsp3) is 0.851. The van der Waals surface area contributed by atoms with Crippen LogP contribution in [0.4, 0.5) is 0 Å². The number of rotatable bonds is 42. The van der Waals surface area contributed by atoms with Crippen molar-refractivity contribution in [2.45, 2.75) is 219 Å². The maximum absolute atomic E-state index is 12.8. The Hall–Kier alpha value is -1.28. The summed E-state index contributed by atoms with van der Waals surface area (Å²) in [6, 6.07) is -0.865. The highest BCUT2D eigenvalue weighted by Gasteiger charge is 2.27. The summed E-state index contributed by atoms with van der Waals surface area (Å²) in [6.45, 7) is 4.75. The molecule has 3 atom stereocenters. The van der Waals surface area contributed by atoms with Crippen LogP contribution in [0, 0.1) is 0 Å². The first-order valence-corrected chi connectivity index (χ1v) is 24.9. The molecule has 0 aromatic heterocycles. The minimum Gasteiger partial charge on any atom is -0.387 e. The first-order chi connectivity index (χ1) is 27.0. The van der Waals surface area contributed by atoms with Gasteiger partial charge in [0, 0.05) is 6.42 Å². The zero-order valence-electron chi connectivity index (χ0n) is 37.4. The number of phosphoric ester groups is 1. The molecule has 0 radical (unpaired) electrons. The van der Waals surface area contributed by atoms with Gasteiger partial charge in [-0.15, -0.1) is 0 Å². The minimum absolute atomic E-state index is 0.0545. The van der Waals surface area contributed by atoms with Crippen molar-refractivity contribution in [2.75, 3.05) is 40.9 Å². The number of quaternary nitrogens is 1. The zero-order valence-corrected chi connectivity index (χ0v) is 38.3. The van der Waals surface area contributed by atoms with Gasteiger partial charge < -0.3 is 19.8 Å². The molecule has 0 aliphatic carbocycles. The van der Waals surface area contributed by atoms with Crippen molar-refractivity contribution in [3.63, 3.8) is 0 Å². The van der Waals surface area contributed by atoms with Gasteiger partial charge in [0.15, 0.2) is 0 Å². The molecule has 0 aromatic carbocycles. The lowest BCUT2D eigenvalue weighted by Crippen LogP contribution is -2.45. The van der Waals surface area contributed by atoms with Crippen molar-refractivity contribution in [1.29, 1.82) is 0 Å². The molecule has 0 aromatic rings. The van der Waals surface area contributed by atoms with Crippen molar-refractivity contribution < 1.29 is 32.9 Å². The normalized spacial score (nSPS) is 14.6. The van der Waals surface area contributed by atoms with E-state index in [1.54, 1.807) is 6.08 Å². The van der Waals surface area contributed by atoms with Crippen molar-refractivity contribution >= 4 is 13.7 Å². The van der Waals surface area contributed by atoms with Crippen LogP contribution in [0.3, 0.4) is 0 Å². The standard InChI is InChI=1S/C47H91N2O6P/c1-6-8-10-12-14-16-18-19-20-21-22-23-24-25-26-27-28-29-31-32-34-36-38-40-46(50)45(44-55-56(52,53)54-43-42-49(3,4)5)48-47(51)41-39-37-35-33-30-17-15-13-11-9-7-2/h13,15,31-32,38,40,45-46,50H,6-12,14,16-30,33-37,39,41-44H2,1-5H3,(H-,48,51,52,53)/p+1/b15-13-,32-31+,40-38+. The summed E-state index contributed by atoms with van der Waals surface area (Å²) in [7, 11) is 1.55. The fourth-order valence-corrected chi connectivity index (χ4v) is 7.30. The van der Waals surface area contributed by atoms with E-state index in [4.69, 9.17) is 9.05 Å². The largest absolute Gasteiger partial charge is 0.472 e. The molecular formula is C47H92N2O6P+. The van der Waals surface area contributed by atoms with Crippen LogP contribution in [0.2, 0.25) is 0 Å². The van der Waals surface area contributed by atoms with Crippen molar-refractivity contribution in [1.82, 2.24) is 5.32 Å². The van der Waals surface area contributed by atoms with Crippen LogP contribution in [0.1, 0.15) is 206 Å². The Kier molecular flexibility index (Phi) is 38.3. The van der Waals surface area contributed by atoms with Crippen LogP contribution in [-0.2, 0) is 18.4 Å². The maximum Gasteiger partial charge on any atom is 0.472 e. The Balaban J connectivity index is 4.34. The number of nitrogens with zero attached hydrogens (tertiary/aromatic N) is 1. The van der Waals surface area contributed by atoms with Gasteiger partial charge in [0.05, 0.1) is 39.9 Å². The van der Waals surface area contributed by atoms with Crippen LogP contribution in [-0.4, -0.2) is 73.4 Å². The molecule has 0 heterocycles. The molecule has 0 rings (SSSR count). The van der Waals surface area contributed by atoms with Gasteiger partial charge >= 0.3 is 7.82 Å². The van der Waals surface area contributed by atoms with Gasteiger partial charge in [0.1, 0.15) is 13.2 Å². The van der Waals surface area contributed by atoms with Crippen molar-refractivity contribution in [3.8, 4) is 0 Å². The smallest absolute Gasteiger partial charge is 0.387 e. The van der Waals surface area contributed by atoms with Crippen LogP contribution in [0.5, 0.6) is 0 Å². The average Bonchev–Trinajstić information content (AvgIpc) is 3.15. The molecule has 0 saturated heterocycles. The number of carbonyl (C=O) groups is 1. The lowest BCUT2D eigenvalue weighted by molar-refractivity contribution is -0.870. The van der Waals surface area contributed by atoms with E-state index in [0.717, 1.165) is 51.4 Å². The molecule has 3 unspecified atom stereocenters. The van der Waals surface area contributed by atoms with Crippen LogP contribution in [0.15, 0.2) is 36.5 Å². The number of phosphoric acid groups is 1. The Bertz CT molecular complexity index is 1010. The molecule has 56 heavy (non-hydrogen) atoms. The summed E-state index contributed by atoms with van der Waals surface area (Å²) in [6.07, 6.45) is 48.0. The maximum atomic E-state index is 12.8. The number of hydrogen-bond donors (Lipinski definition) is 3. The number of allylic oxidation sites excluding steroid dienone is 5. The SMILES string of the molecule is CCCC/C=C\CCCCCCCC(=O)NC(COP(=O)(O)OCC[N+](C)(C)C)C(O)/C=C/CC/C=C/CCCCCCCCCCCCCCCCCCC. The second-order valence-electron chi connectivity index (χ2n) is 17.1. The Morgan fingerprint density at radius 3 is 1.48 bits per heavy atom. The predicted octanol–water partition coefficient (Wildman–Crippen LogP) is 13.1. The highest BCUT2D eigenvalue weighted by atomic mass is 31.2. The van der Waals surface area contributed by atoms with E-state index in [-0.39, 0.29) is 19.1 Å². The van der Waals surface area contributed by atoms with E-state index < -0.39 is 20.0 Å². The molecular weight excluding hydrogens is 719 g/mol. The molecule has 0 spiro atoms. The number of unbranched alkanes of at least 4 members (excludes halogenated alkanes) is 25. The van der Waals surface area contributed by atoms with Crippen molar-refractivity contribution in [2.24, 2.45) is 0 Å². The Labute approximate surface area is 347 Å². The van der Waals surface area contributed by atoms with E-state index >= 15 is 0 Å². The Morgan fingerprint density at radius 2 is 1.00 bits per heavy atom. The molecule has 3 N–H and O–H groups in total. The summed E-state index contributed by atoms with van der Waals surface area (Å²) in [5, 5.41) is 13.8. The zero-order chi connectivity index (χ0) is 41.4. The number of aliphatic hydroxyl groups excluding tert-OH is 1. The fourth-order valence-electron chi connectivity index (χ4n) is 6.57. The van der Waals surface area contributed by atoms with Gasteiger partial charge in [-0.2, -0.15) is 0 Å². The van der Waals surface area contributed by atoms with E-state index in [1.807, 2.05) is 27.2 Å². The number of likely N-dealkylation sites (N-methyl/N-ethyl adjacent to an activating group) is 1. The molecule has 330 valence electrons. The second-order valence-corrected chi connectivity index (χ2v) is 18.6. The molecule has 0 saturated carbocycles. The Morgan fingerprint density at radius 1 is 0.589 bits per heavy atom. The molecule has 0 bridgehead atoms. The van der Waals surface area contributed by atoms with E-state index in [1.165, 1.54) is 135 Å². The summed E-state index contributed by atoms with van der Waals surface area (Å²) >= 11 is 0. The van der Waals surface area contributed by atoms with E-state index in [0.29, 0.717) is 17.4 Å².